The molecule has 1 fully saturated rings. The number of carboxylic acid groups (broad SMARTS) is 1. The molecule has 7 heteroatoms. The van der Waals surface area contributed by atoms with Crippen LogP contribution in [0.25, 0.3) is 5.69 Å². The molecule has 1 aromatic carbocycles. The van der Waals surface area contributed by atoms with Crippen LogP contribution < -0.4 is 10.9 Å². The molecule has 1 saturated carbocycles. The van der Waals surface area contributed by atoms with Crippen molar-refractivity contribution in [3.05, 3.63) is 58.5 Å². The van der Waals surface area contributed by atoms with Crippen molar-refractivity contribution in [1.29, 1.82) is 0 Å². The lowest BCUT2D eigenvalue weighted by atomic mass is 9.82. The van der Waals surface area contributed by atoms with Gasteiger partial charge in [-0.1, -0.05) is 30.4 Å². The number of allylic oxidation sites excluding steroid dienone is 2. The lowest BCUT2D eigenvalue weighted by Gasteiger charge is -2.23. The molecule has 27 heavy (non-hydrogen) atoms. The van der Waals surface area contributed by atoms with Gasteiger partial charge in [-0.15, -0.1) is 0 Å². The number of carboxylic acids is 1. The van der Waals surface area contributed by atoms with Crippen molar-refractivity contribution in [2.75, 3.05) is 5.32 Å². The third-order valence-electron chi connectivity index (χ3n) is 5.85. The molecule has 0 saturated heterocycles. The Balaban J connectivity index is 1.68. The highest BCUT2D eigenvalue weighted by Crippen LogP contribution is 2.48. The van der Waals surface area contributed by atoms with Gasteiger partial charge in [-0.05, 0) is 37.3 Å². The topological polar surface area (TPSA) is 93.3 Å². The van der Waals surface area contributed by atoms with E-state index in [-0.39, 0.29) is 23.1 Å². The molecule has 1 aromatic heterocycles. The number of aliphatic carboxylic acids is 1. The summed E-state index contributed by atoms with van der Waals surface area (Å²) < 4.78 is 3.17. The van der Waals surface area contributed by atoms with Crippen LogP contribution in [0.3, 0.4) is 0 Å². The maximum Gasteiger partial charge on any atom is 0.307 e. The number of benzene rings is 1. The minimum absolute atomic E-state index is 0.0866. The predicted octanol–water partition coefficient (Wildman–Crippen LogP) is 1.95. The van der Waals surface area contributed by atoms with Gasteiger partial charge in [0.15, 0.2) is 0 Å². The summed E-state index contributed by atoms with van der Waals surface area (Å²) >= 11 is 0. The molecule has 1 heterocycles. The second kappa shape index (κ2) is 6.26. The number of para-hydroxylation sites is 1. The van der Waals surface area contributed by atoms with E-state index in [1.165, 1.54) is 4.68 Å². The Hall–Kier alpha value is -3.09. The van der Waals surface area contributed by atoms with Crippen LogP contribution in [-0.4, -0.2) is 26.3 Å². The molecule has 7 nitrogen and oxygen atoms in total. The van der Waals surface area contributed by atoms with Gasteiger partial charge >= 0.3 is 5.97 Å². The van der Waals surface area contributed by atoms with E-state index in [0.29, 0.717) is 17.8 Å². The summed E-state index contributed by atoms with van der Waals surface area (Å²) in [6.45, 7) is 1.76. The van der Waals surface area contributed by atoms with Gasteiger partial charge in [0.05, 0.1) is 23.2 Å². The summed E-state index contributed by atoms with van der Waals surface area (Å²) in [5, 5.41) is 12.3. The Morgan fingerprint density at radius 2 is 1.74 bits per heavy atom. The van der Waals surface area contributed by atoms with Crippen LogP contribution in [0.4, 0.5) is 5.69 Å². The molecule has 4 rings (SSSR count). The molecule has 0 unspecified atom stereocenters. The quantitative estimate of drug-likeness (QED) is 0.808. The fourth-order valence-corrected chi connectivity index (χ4v) is 4.44. The first-order valence-electron chi connectivity index (χ1n) is 8.96. The summed E-state index contributed by atoms with van der Waals surface area (Å²) in [5.41, 5.74) is 1.17. The number of fused-ring (bicyclic) bond motifs is 2. The minimum Gasteiger partial charge on any atom is -0.481 e. The normalized spacial score (nSPS) is 25.7. The van der Waals surface area contributed by atoms with E-state index in [1.54, 1.807) is 18.7 Å². The first-order valence-corrected chi connectivity index (χ1v) is 8.96. The van der Waals surface area contributed by atoms with Crippen molar-refractivity contribution < 1.29 is 14.7 Å². The Bertz CT molecular complexity index is 1000. The number of rotatable bonds is 4. The number of amides is 1. The zero-order valence-electron chi connectivity index (χ0n) is 15.1. The second-order valence-electron chi connectivity index (χ2n) is 7.26. The summed E-state index contributed by atoms with van der Waals surface area (Å²) in [6, 6.07) is 9.16. The summed E-state index contributed by atoms with van der Waals surface area (Å²) in [7, 11) is 1.75. The molecule has 2 bridgehead atoms. The van der Waals surface area contributed by atoms with Crippen LogP contribution in [0.5, 0.6) is 0 Å². The van der Waals surface area contributed by atoms with E-state index in [9.17, 15) is 19.5 Å². The number of anilines is 1. The van der Waals surface area contributed by atoms with Crippen molar-refractivity contribution >= 4 is 17.6 Å². The van der Waals surface area contributed by atoms with Crippen molar-refractivity contribution in [3.63, 3.8) is 0 Å². The Morgan fingerprint density at radius 3 is 2.37 bits per heavy atom. The molecule has 140 valence electrons. The van der Waals surface area contributed by atoms with Crippen molar-refractivity contribution in [3.8, 4) is 5.69 Å². The largest absolute Gasteiger partial charge is 0.481 e. The first kappa shape index (κ1) is 17.3. The Morgan fingerprint density at radius 1 is 1.11 bits per heavy atom. The van der Waals surface area contributed by atoms with Crippen LogP contribution in [0, 0.1) is 30.6 Å². The Labute approximate surface area is 155 Å². The van der Waals surface area contributed by atoms with Gasteiger partial charge in [-0.3, -0.25) is 19.1 Å². The average molecular weight is 367 g/mol. The predicted molar refractivity (Wildman–Crippen MR) is 99.7 cm³/mol. The highest BCUT2D eigenvalue weighted by Gasteiger charge is 2.51. The monoisotopic (exact) mass is 367 g/mol. The van der Waals surface area contributed by atoms with Gasteiger partial charge in [-0.2, -0.15) is 0 Å². The number of hydrogen-bond donors (Lipinski definition) is 2. The number of aromatic nitrogens is 2. The van der Waals surface area contributed by atoms with E-state index in [0.717, 1.165) is 0 Å². The third-order valence-corrected chi connectivity index (χ3v) is 5.85. The molecular weight excluding hydrogens is 346 g/mol. The molecule has 1 amide bonds. The SMILES string of the molecule is Cc1c(NC(=O)[C@@H]2[C@@H](C(=O)O)[C@H]3C=C[C@H]2C3)c(=O)n(-c2ccccc2)n1C. The van der Waals surface area contributed by atoms with E-state index < -0.39 is 23.7 Å². The molecular formula is C20H21N3O4. The van der Waals surface area contributed by atoms with Gasteiger partial charge in [0, 0.05) is 7.05 Å². The molecule has 0 radical (unpaired) electrons. The van der Waals surface area contributed by atoms with E-state index in [2.05, 4.69) is 5.32 Å². The van der Waals surface area contributed by atoms with E-state index >= 15 is 0 Å². The lowest BCUT2D eigenvalue weighted by molar-refractivity contribution is -0.146. The van der Waals surface area contributed by atoms with Crippen LogP contribution in [0.2, 0.25) is 0 Å². The first-order chi connectivity index (χ1) is 12.9. The summed E-state index contributed by atoms with van der Waals surface area (Å²) in [4.78, 5) is 37.5. The molecule has 2 aliphatic carbocycles. The molecule has 2 aromatic rings. The van der Waals surface area contributed by atoms with E-state index in [4.69, 9.17) is 0 Å². The molecule has 2 aliphatic rings. The number of carbonyl (C=O) groups excluding carboxylic acids is 1. The van der Waals surface area contributed by atoms with Gasteiger partial charge in [0.1, 0.15) is 5.69 Å². The summed E-state index contributed by atoms with van der Waals surface area (Å²) in [6.07, 6.45) is 4.49. The lowest BCUT2D eigenvalue weighted by Crippen LogP contribution is -2.37. The smallest absolute Gasteiger partial charge is 0.307 e. The van der Waals surface area contributed by atoms with Gasteiger partial charge in [0.2, 0.25) is 5.91 Å². The zero-order chi connectivity index (χ0) is 19.3. The highest BCUT2D eigenvalue weighted by atomic mass is 16.4. The van der Waals surface area contributed by atoms with Crippen molar-refractivity contribution in [2.45, 2.75) is 13.3 Å². The number of nitrogens with one attached hydrogen (secondary N) is 1. The molecule has 4 atom stereocenters. The second-order valence-corrected chi connectivity index (χ2v) is 7.26. The van der Waals surface area contributed by atoms with Gasteiger partial charge in [0.25, 0.3) is 5.56 Å². The number of hydrogen-bond acceptors (Lipinski definition) is 3. The van der Waals surface area contributed by atoms with E-state index in [1.807, 2.05) is 42.5 Å². The van der Waals surface area contributed by atoms with Crippen molar-refractivity contribution in [1.82, 2.24) is 9.36 Å². The average Bonchev–Trinajstić information content (AvgIpc) is 3.32. The number of carbonyl (C=O) groups is 2. The molecule has 2 N–H and O–H groups in total. The van der Waals surface area contributed by atoms with Crippen LogP contribution in [-0.2, 0) is 16.6 Å². The Kier molecular flexibility index (Phi) is 4.02. The highest BCUT2D eigenvalue weighted by molar-refractivity contribution is 5.96. The summed E-state index contributed by atoms with van der Waals surface area (Å²) in [5.74, 6) is -2.94. The molecule has 0 aliphatic heterocycles. The van der Waals surface area contributed by atoms with Crippen LogP contribution in [0.1, 0.15) is 12.1 Å². The fraction of sp³-hybridized carbons (Fsp3) is 0.350. The standard InChI is InChI=1S/C20H21N3O4/c1-11-17(19(25)23(22(11)2)14-6-4-3-5-7-14)21-18(24)15-12-8-9-13(10-12)16(15)20(26)27/h3-9,12-13,15-16H,10H2,1-2H3,(H,21,24)(H,26,27)/t12-,13-,15-,16-/m0/s1. The number of nitrogens with zero attached hydrogens (tertiary/aromatic N) is 2. The molecule has 0 spiro atoms. The van der Waals surface area contributed by atoms with Gasteiger partial charge < -0.3 is 10.4 Å². The minimum atomic E-state index is -0.960. The van der Waals surface area contributed by atoms with Crippen LogP contribution >= 0.6 is 0 Å². The third kappa shape index (κ3) is 2.61. The maximum absolute atomic E-state index is 12.9. The van der Waals surface area contributed by atoms with Crippen LogP contribution in [0.15, 0.2) is 47.3 Å². The van der Waals surface area contributed by atoms with Crippen molar-refractivity contribution in [2.24, 2.45) is 30.7 Å². The zero-order valence-corrected chi connectivity index (χ0v) is 15.1. The maximum atomic E-state index is 12.9. The van der Waals surface area contributed by atoms with Gasteiger partial charge in [-0.25, -0.2) is 4.68 Å². The fourth-order valence-electron chi connectivity index (χ4n) is 4.44.